The van der Waals surface area contributed by atoms with Crippen molar-refractivity contribution in [3.63, 3.8) is 0 Å². The summed E-state index contributed by atoms with van der Waals surface area (Å²) in [6, 6.07) is 10.1. The van der Waals surface area contributed by atoms with Crippen molar-refractivity contribution >= 4 is 40.9 Å². The highest BCUT2D eigenvalue weighted by Crippen LogP contribution is 2.25. The first-order chi connectivity index (χ1) is 10.6. The molecule has 3 rings (SSSR count). The molecule has 6 heteroatoms. The van der Waals surface area contributed by atoms with E-state index in [1.807, 2.05) is 25.2 Å². The molecule has 1 fully saturated rings. The van der Waals surface area contributed by atoms with Crippen molar-refractivity contribution < 1.29 is 9.15 Å². The highest BCUT2D eigenvalue weighted by molar-refractivity contribution is 14.0. The van der Waals surface area contributed by atoms with Crippen molar-refractivity contribution in [2.24, 2.45) is 10.4 Å². The molecule has 1 aliphatic heterocycles. The summed E-state index contributed by atoms with van der Waals surface area (Å²) in [5.41, 5.74) is 1.14. The van der Waals surface area contributed by atoms with Gasteiger partial charge in [0.05, 0.1) is 19.8 Å². The van der Waals surface area contributed by atoms with Crippen LogP contribution in [0.15, 0.2) is 39.7 Å². The summed E-state index contributed by atoms with van der Waals surface area (Å²) < 4.78 is 11.2. The number of rotatable bonds is 4. The summed E-state index contributed by atoms with van der Waals surface area (Å²) >= 11 is 0. The molecule has 0 aliphatic carbocycles. The van der Waals surface area contributed by atoms with Crippen molar-refractivity contribution in [2.45, 2.75) is 13.5 Å². The van der Waals surface area contributed by atoms with Crippen LogP contribution in [-0.2, 0) is 11.3 Å². The molecule has 0 spiro atoms. The van der Waals surface area contributed by atoms with Gasteiger partial charge in [0.15, 0.2) is 5.96 Å². The Morgan fingerprint density at radius 3 is 2.70 bits per heavy atom. The van der Waals surface area contributed by atoms with E-state index in [1.54, 1.807) is 7.05 Å². The molecule has 1 aromatic heterocycles. The SMILES string of the molecule is CN=C(NCC1(C)COC1)N(C)Cc1cc2ccccc2o1.I. The topological polar surface area (TPSA) is 50.0 Å². The maximum atomic E-state index is 5.87. The first kappa shape index (κ1) is 18.1. The zero-order chi connectivity index (χ0) is 15.6. The Bertz CT molecular complexity index is 646. The Kier molecular flexibility index (Phi) is 5.91. The largest absolute Gasteiger partial charge is 0.459 e. The van der Waals surface area contributed by atoms with Crippen LogP contribution in [0.2, 0.25) is 0 Å². The minimum absolute atomic E-state index is 0. The standard InChI is InChI=1S/C17H23N3O2.HI/c1-17(11-21-12-17)10-19-16(18-2)20(3)9-14-8-13-6-4-5-7-15(13)22-14;/h4-8H,9-12H2,1-3H3,(H,18,19);1H. The molecule has 0 atom stereocenters. The molecule has 1 N–H and O–H groups in total. The number of benzene rings is 1. The Morgan fingerprint density at radius 1 is 1.35 bits per heavy atom. The van der Waals surface area contributed by atoms with E-state index in [0.29, 0.717) is 6.54 Å². The Balaban J connectivity index is 0.00000192. The Labute approximate surface area is 154 Å². The van der Waals surface area contributed by atoms with Crippen LogP contribution in [0.4, 0.5) is 0 Å². The highest BCUT2D eigenvalue weighted by atomic mass is 127. The fourth-order valence-corrected chi connectivity index (χ4v) is 2.65. The molecule has 2 heterocycles. The highest BCUT2D eigenvalue weighted by Gasteiger charge is 2.33. The zero-order valence-corrected chi connectivity index (χ0v) is 16.2. The van der Waals surface area contributed by atoms with E-state index in [4.69, 9.17) is 9.15 Å². The number of hydrogen-bond donors (Lipinski definition) is 1. The van der Waals surface area contributed by atoms with Crippen LogP contribution in [0.1, 0.15) is 12.7 Å². The Hall–Kier alpha value is -1.28. The second-order valence-corrected chi connectivity index (χ2v) is 6.31. The number of halogens is 1. The molecule has 2 aromatic rings. The predicted molar refractivity (Wildman–Crippen MR) is 103 cm³/mol. The lowest BCUT2D eigenvalue weighted by Gasteiger charge is -2.39. The molecule has 0 bridgehead atoms. The molecule has 0 unspecified atom stereocenters. The molecule has 0 amide bonds. The third kappa shape index (κ3) is 4.17. The first-order valence-electron chi connectivity index (χ1n) is 7.57. The molecule has 0 saturated carbocycles. The lowest BCUT2D eigenvalue weighted by Crippen LogP contribution is -2.51. The average molecular weight is 429 g/mol. The summed E-state index contributed by atoms with van der Waals surface area (Å²) in [5.74, 6) is 1.80. The van der Waals surface area contributed by atoms with E-state index in [0.717, 1.165) is 42.4 Å². The number of aliphatic imine (C=N–C) groups is 1. The van der Waals surface area contributed by atoms with Gasteiger partial charge in [0.1, 0.15) is 11.3 Å². The van der Waals surface area contributed by atoms with Gasteiger partial charge in [-0.1, -0.05) is 25.1 Å². The van der Waals surface area contributed by atoms with Gasteiger partial charge >= 0.3 is 0 Å². The Morgan fingerprint density at radius 2 is 2.09 bits per heavy atom. The number of hydrogen-bond acceptors (Lipinski definition) is 3. The van der Waals surface area contributed by atoms with E-state index in [-0.39, 0.29) is 29.4 Å². The van der Waals surface area contributed by atoms with Crippen molar-refractivity contribution in [2.75, 3.05) is 33.9 Å². The number of nitrogens with one attached hydrogen (secondary N) is 1. The minimum Gasteiger partial charge on any atom is -0.459 e. The summed E-state index contributed by atoms with van der Waals surface area (Å²) in [5, 5.41) is 4.55. The number of nitrogens with zero attached hydrogens (tertiary/aromatic N) is 2. The quantitative estimate of drug-likeness (QED) is 0.461. The van der Waals surface area contributed by atoms with Crippen molar-refractivity contribution in [3.05, 3.63) is 36.1 Å². The van der Waals surface area contributed by atoms with Gasteiger partial charge in [-0.3, -0.25) is 4.99 Å². The average Bonchev–Trinajstić information content (AvgIpc) is 2.88. The van der Waals surface area contributed by atoms with Crippen LogP contribution in [0.5, 0.6) is 0 Å². The molecule has 126 valence electrons. The molecular formula is C17H24IN3O2. The molecule has 23 heavy (non-hydrogen) atoms. The van der Waals surface area contributed by atoms with Gasteiger partial charge in [0, 0.05) is 31.4 Å². The monoisotopic (exact) mass is 429 g/mol. The number of para-hydroxylation sites is 1. The molecule has 1 aliphatic rings. The normalized spacial score (nSPS) is 16.6. The predicted octanol–water partition coefficient (Wildman–Crippen LogP) is 3.09. The third-order valence-corrected chi connectivity index (χ3v) is 4.02. The van der Waals surface area contributed by atoms with E-state index in [2.05, 4.69) is 34.3 Å². The van der Waals surface area contributed by atoms with E-state index >= 15 is 0 Å². The fraction of sp³-hybridized carbons (Fsp3) is 0.471. The van der Waals surface area contributed by atoms with Gasteiger partial charge < -0.3 is 19.4 Å². The van der Waals surface area contributed by atoms with E-state index < -0.39 is 0 Å². The van der Waals surface area contributed by atoms with Crippen LogP contribution < -0.4 is 5.32 Å². The third-order valence-electron chi connectivity index (χ3n) is 4.02. The van der Waals surface area contributed by atoms with Crippen LogP contribution in [0, 0.1) is 5.41 Å². The van der Waals surface area contributed by atoms with Crippen molar-refractivity contribution in [1.82, 2.24) is 10.2 Å². The molecule has 0 radical (unpaired) electrons. The fourth-order valence-electron chi connectivity index (χ4n) is 2.65. The minimum atomic E-state index is 0. The number of fused-ring (bicyclic) bond motifs is 1. The summed E-state index contributed by atoms with van der Waals surface area (Å²) in [6.45, 7) is 5.39. The summed E-state index contributed by atoms with van der Waals surface area (Å²) in [7, 11) is 3.82. The van der Waals surface area contributed by atoms with Crippen molar-refractivity contribution in [1.29, 1.82) is 0 Å². The lowest BCUT2D eigenvalue weighted by molar-refractivity contribution is -0.0972. The maximum absolute atomic E-state index is 5.87. The first-order valence-corrected chi connectivity index (χ1v) is 7.57. The number of furan rings is 1. The van der Waals surface area contributed by atoms with Gasteiger partial charge in [-0.15, -0.1) is 24.0 Å². The molecular weight excluding hydrogens is 405 g/mol. The second-order valence-electron chi connectivity index (χ2n) is 6.31. The van der Waals surface area contributed by atoms with Crippen molar-refractivity contribution in [3.8, 4) is 0 Å². The van der Waals surface area contributed by atoms with Crippen LogP contribution in [0.25, 0.3) is 11.0 Å². The van der Waals surface area contributed by atoms with Gasteiger partial charge in [-0.2, -0.15) is 0 Å². The molecule has 5 nitrogen and oxygen atoms in total. The van der Waals surface area contributed by atoms with Gasteiger partial charge in [0.25, 0.3) is 0 Å². The zero-order valence-electron chi connectivity index (χ0n) is 13.8. The number of guanidine groups is 1. The lowest BCUT2D eigenvalue weighted by atomic mass is 9.89. The smallest absolute Gasteiger partial charge is 0.193 e. The maximum Gasteiger partial charge on any atom is 0.193 e. The number of ether oxygens (including phenoxy) is 1. The molecule has 1 aromatic carbocycles. The van der Waals surface area contributed by atoms with E-state index in [9.17, 15) is 0 Å². The van der Waals surface area contributed by atoms with Gasteiger partial charge in [-0.25, -0.2) is 0 Å². The van der Waals surface area contributed by atoms with E-state index in [1.165, 1.54) is 0 Å². The van der Waals surface area contributed by atoms with Crippen LogP contribution in [0.3, 0.4) is 0 Å². The van der Waals surface area contributed by atoms with Gasteiger partial charge in [-0.05, 0) is 12.1 Å². The van der Waals surface area contributed by atoms with Crippen LogP contribution in [-0.4, -0.2) is 44.7 Å². The second kappa shape index (κ2) is 7.53. The summed E-state index contributed by atoms with van der Waals surface area (Å²) in [4.78, 5) is 6.42. The molecule has 1 saturated heterocycles. The van der Waals surface area contributed by atoms with Gasteiger partial charge in [0.2, 0.25) is 0 Å². The summed E-state index contributed by atoms with van der Waals surface area (Å²) in [6.07, 6.45) is 0. The van der Waals surface area contributed by atoms with Crippen LogP contribution >= 0.6 is 24.0 Å².